The summed E-state index contributed by atoms with van der Waals surface area (Å²) < 4.78 is 63.4. The number of carbonyl (C=O) groups is 11. The number of halogens is 3. The predicted molar refractivity (Wildman–Crippen MR) is 308 cm³/mol. The van der Waals surface area contributed by atoms with Crippen LogP contribution in [0, 0.1) is 25.2 Å². The summed E-state index contributed by atoms with van der Waals surface area (Å²) in [6.45, 7) is 25.7. The van der Waals surface area contributed by atoms with E-state index in [1.165, 1.54) is 25.3 Å². The van der Waals surface area contributed by atoms with E-state index in [1.54, 1.807) is 135 Å². The minimum Gasteiger partial charge on any atom is -0.497 e. The second-order valence-corrected chi connectivity index (χ2v) is 25.3. The molecule has 0 aliphatic heterocycles. The second-order valence-electron chi connectivity index (χ2n) is 25.3. The van der Waals surface area contributed by atoms with E-state index in [4.69, 9.17) is 18.9 Å². The summed E-state index contributed by atoms with van der Waals surface area (Å²) >= 11 is 0. The Morgan fingerprint density at radius 3 is 1.54 bits per heavy atom. The third kappa shape index (κ3) is 28.2. The summed E-state index contributed by atoms with van der Waals surface area (Å²) in [4.78, 5) is 151. The number of methoxy groups -OCH3 is 1. The summed E-state index contributed by atoms with van der Waals surface area (Å²) in [5, 5.41) is 17.0. The molecule has 2 rings (SSSR count). The summed E-state index contributed by atoms with van der Waals surface area (Å²) in [6.07, 6.45) is -10.0. The highest BCUT2D eigenvalue weighted by atomic mass is 19.4. The number of carbonyl (C=O) groups excluding carboxylic acids is 11. The molecular formula is C60H88F3N7O15. The van der Waals surface area contributed by atoms with Crippen LogP contribution in [0.5, 0.6) is 5.75 Å². The van der Waals surface area contributed by atoms with Gasteiger partial charge in [-0.15, -0.1) is 0 Å². The van der Waals surface area contributed by atoms with Crippen LogP contribution in [0.3, 0.4) is 0 Å². The quantitative estimate of drug-likeness (QED) is 0.0292. The van der Waals surface area contributed by atoms with Crippen molar-refractivity contribution in [2.75, 3.05) is 12.4 Å². The van der Waals surface area contributed by atoms with Gasteiger partial charge in [-0.2, -0.15) is 13.2 Å². The highest BCUT2D eigenvalue weighted by Gasteiger charge is 2.42. The zero-order valence-corrected chi connectivity index (χ0v) is 52.0. The van der Waals surface area contributed by atoms with Crippen LogP contribution in [-0.2, 0) is 73.4 Å². The molecule has 2 aromatic carbocycles. The molecule has 6 atom stereocenters. The third-order valence-electron chi connectivity index (χ3n) is 12.2. The molecule has 0 radical (unpaired) electrons. The van der Waals surface area contributed by atoms with Gasteiger partial charge in [0.25, 0.3) is 5.91 Å². The highest BCUT2D eigenvalue weighted by molar-refractivity contribution is 6.42. The summed E-state index contributed by atoms with van der Waals surface area (Å²) in [7, 11) is 1.39. The fourth-order valence-electron chi connectivity index (χ4n) is 8.20. The average molecular weight is 1200 g/mol. The van der Waals surface area contributed by atoms with Gasteiger partial charge in [0.15, 0.2) is 0 Å². The molecule has 0 aliphatic carbocycles. The number of rotatable bonds is 28. The van der Waals surface area contributed by atoms with E-state index in [9.17, 15) is 65.9 Å². The number of aryl methyl sites for hydroxylation is 2. The molecule has 7 amide bonds. The van der Waals surface area contributed by atoms with E-state index in [2.05, 4.69) is 31.9 Å². The lowest BCUT2D eigenvalue weighted by molar-refractivity contribution is -0.158. The van der Waals surface area contributed by atoms with Crippen molar-refractivity contribution in [2.45, 2.75) is 221 Å². The molecule has 0 heterocycles. The van der Waals surface area contributed by atoms with E-state index >= 15 is 0 Å². The fourth-order valence-corrected chi connectivity index (χ4v) is 8.20. The van der Waals surface area contributed by atoms with Crippen LogP contribution >= 0.6 is 0 Å². The van der Waals surface area contributed by atoms with Gasteiger partial charge in [0.05, 0.1) is 26.4 Å². The standard InChI is InChI=1S/C60H88F3N7O15/c1-33(2)28-40(51(77)69-43(32-60(61,62)63)48(75)54(80)65-38-23-22-37(82-17)29-35(38)4)68-55(81)49(56(5,6)7)70-53(79)41(30-36-21-19-18-20-34(36)3)67-50(76)39(24-26-45(72)83-57(8,9)10)66-52(78)42(31-47(74)85-59(14,15)16)64-44(71)25-27-46(73)84-58(11,12)13/h18-23,29,33,39-43,49H,24-28,30-32H2,1-17H3,(H,64,71)(H,65,80)(H,66,78)(H,67,76)(H,68,81)(H,69,77)(H,70,79)/t39-,40-,41-,42-,43?,49+/m0/s1. The molecule has 7 N–H and O–H groups in total. The molecule has 22 nitrogen and oxygen atoms in total. The number of Topliss-reactive ketones (excluding diaryl/α,β-unsaturated/α-hetero) is 1. The van der Waals surface area contributed by atoms with Gasteiger partial charge in [-0.1, -0.05) is 58.9 Å². The third-order valence-corrected chi connectivity index (χ3v) is 12.2. The number of ketones is 1. The summed E-state index contributed by atoms with van der Waals surface area (Å²) in [5.74, 6) is -11.8. The SMILES string of the molecule is COc1ccc(NC(=O)C(=O)C(CC(F)(F)F)NC(=O)[C@H](CC(C)C)NC(=O)[C@@H](NC(=O)[C@H](Cc2ccccc2C)NC(=O)[C@H](CCC(=O)OC(C)(C)C)NC(=O)[C@H](CC(=O)OC(C)(C)C)NC(=O)CCC(=O)OC(C)(C)C)C(C)(C)C)c(C)c1. The summed E-state index contributed by atoms with van der Waals surface area (Å²) in [6, 6.07) is 0.460. The van der Waals surface area contributed by atoms with Crippen LogP contribution in [0.4, 0.5) is 18.9 Å². The Hall–Kier alpha value is -7.60. The molecule has 0 bridgehead atoms. The Morgan fingerprint density at radius 2 is 1.02 bits per heavy atom. The number of ether oxygens (including phenoxy) is 4. The van der Waals surface area contributed by atoms with Gasteiger partial charge in [0.1, 0.15) is 58.8 Å². The monoisotopic (exact) mass is 1200 g/mol. The molecule has 474 valence electrons. The fraction of sp³-hybridized carbons (Fsp3) is 0.617. The summed E-state index contributed by atoms with van der Waals surface area (Å²) in [5.41, 5.74) is -2.41. The minimum atomic E-state index is -5.07. The first-order valence-electron chi connectivity index (χ1n) is 27.9. The van der Waals surface area contributed by atoms with Gasteiger partial charge in [0, 0.05) is 24.9 Å². The van der Waals surface area contributed by atoms with E-state index in [1.807, 2.05) is 5.32 Å². The Labute approximate surface area is 496 Å². The molecule has 25 heteroatoms. The van der Waals surface area contributed by atoms with E-state index in [0.29, 0.717) is 22.4 Å². The molecule has 0 spiro atoms. The second kappa shape index (κ2) is 31.5. The van der Waals surface area contributed by atoms with Gasteiger partial charge in [-0.05, 0) is 135 Å². The number of amides is 7. The maximum Gasteiger partial charge on any atom is 0.391 e. The van der Waals surface area contributed by atoms with Crippen molar-refractivity contribution in [3.8, 4) is 5.75 Å². The average Bonchev–Trinajstić information content (AvgIpc) is 3.55. The lowest BCUT2D eigenvalue weighted by atomic mass is 9.85. The molecule has 0 saturated carbocycles. The van der Waals surface area contributed by atoms with E-state index in [0.717, 1.165) is 0 Å². The van der Waals surface area contributed by atoms with Crippen LogP contribution < -0.4 is 42.0 Å². The smallest absolute Gasteiger partial charge is 0.391 e. The van der Waals surface area contributed by atoms with Crippen molar-refractivity contribution in [3.63, 3.8) is 0 Å². The Morgan fingerprint density at radius 1 is 0.529 bits per heavy atom. The number of hydrogen-bond acceptors (Lipinski definition) is 15. The van der Waals surface area contributed by atoms with Crippen molar-refractivity contribution in [1.82, 2.24) is 31.9 Å². The van der Waals surface area contributed by atoms with Crippen LogP contribution in [0.15, 0.2) is 42.5 Å². The zero-order chi connectivity index (χ0) is 65.2. The largest absolute Gasteiger partial charge is 0.497 e. The number of nitrogens with one attached hydrogen (secondary N) is 7. The molecule has 1 unspecified atom stereocenters. The van der Waals surface area contributed by atoms with Gasteiger partial charge >= 0.3 is 24.1 Å². The van der Waals surface area contributed by atoms with Crippen LogP contribution in [0.1, 0.15) is 159 Å². The van der Waals surface area contributed by atoms with Crippen molar-refractivity contribution < 1.29 is 84.9 Å². The van der Waals surface area contributed by atoms with E-state index < -0.39 is 174 Å². The van der Waals surface area contributed by atoms with Gasteiger partial charge < -0.3 is 56.2 Å². The van der Waals surface area contributed by atoms with E-state index in [-0.39, 0.29) is 18.5 Å². The van der Waals surface area contributed by atoms with Gasteiger partial charge in [-0.25, -0.2) is 0 Å². The minimum absolute atomic E-state index is 0.0834. The van der Waals surface area contributed by atoms with Gasteiger partial charge in [-0.3, -0.25) is 52.7 Å². The molecule has 0 aliphatic rings. The Bertz CT molecular complexity index is 2720. The van der Waals surface area contributed by atoms with Crippen LogP contribution in [-0.4, -0.2) is 131 Å². The first kappa shape index (κ1) is 73.5. The predicted octanol–water partition coefficient (Wildman–Crippen LogP) is 5.99. The molecule has 2 aromatic rings. The molecular weight excluding hydrogens is 1120 g/mol. The number of anilines is 1. The number of esters is 3. The van der Waals surface area contributed by atoms with Crippen molar-refractivity contribution in [3.05, 3.63) is 59.2 Å². The highest BCUT2D eigenvalue weighted by Crippen LogP contribution is 2.26. The van der Waals surface area contributed by atoms with Crippen molar-refractivity contribution in [1.29, 1.82) is 0 Å². The number of hydrogen-bond donors (Lipinski definition) is 7. The normalized spacial score (nSPS) is 14.1. The first-order valence-corrected chi connectivity index (χ1v) is 27.9. The zero-order valence-electron chi connectivity index (χ0n) is 52.0. The number of alkyl halides is 3. The van der Waals surface area contributed by atoms with Gasteiger partial charge in [0.2, 0.25) is 41.2 Å². The first-order chi connectivity index (χ1) is 38.9. The Kier molecular flexibility index (Phi) is 27.3. The lowest BCUT2D eigenvalue weighted by Gasteiger charge is -2.34. The van der Waals surface area contributed by atoms with Crippen LogP contribution in [0.25, 0.3) is 0 Å². The van der Waals surface area contributed by atoms with Crippen molar-refractivity contribution >= 4 is 70.7 Å². The van der Waals surface area contributed by atoms with Crippen molar-refractivity contribution in [2.24, 2.45) is 11.3 Å². The number of benzene rings is 2. The molecule has 85 heavy (non-hydrogen) atoms. The molecule has 0 aromatic heterocycles. The molecule has 0 fully saturated rings. The van der Waals surface area contributed by atoms with Crippen LogP contribution in [0.2, 0.25) is 0 Å². The topological polar surface area (TPSA) is 309 Å². The maximum atomic E-state index is 14.8. The Balaban J connectivity index is 2.64. The maximum absolute atomic E-state index is 14.8. The molecule has 0 saturated heterocycles. The lowest BCUT2D eigenvalue weighted by Crippen LogP contribution is -2.62.